The molecule has 1 aromatic carbocycles. The van der Waals surface area contributed by atoms with Gasteiger partial charge in [-0.3, -0.25) is 9.59 Å². The third-order valence-corrected chi connectivity index (χ3v) is 8.73. The summed E-state index contributed by atoms with van der Waals surface area (Å²) in [6.45, 7) is 6.06. The molecule has 1 aliphatic heterocycles. The van der Waals surface area contributed by atoms with E-state index in [1.54, 1.807) is 13.8 Å². The summed E-state index contributed by atoms with van der Waals surface area (Å²) >= 11 is 0. The molecule has 15 heteroatoms. The highest BCUT2D eigenvalue weighted by Crippen LogP contribution is 2.32. The van der Waals surface area contributed by atoms with E-state index in [0.717, 1.165) is 4.31 Å². The fourth-order valence-corrected chi connectivity index (χ4v) is 5.81. The maximum atomic E-state index is 13.5. The molecule has 40 heavy (non-hydrogen) atoms. The third kappa shape index (κ3) is 7.12. The molecule has 2 heterocycles. The number of alkyl halides is 3. The Bertz CT molecular complexity index is 1330. The summed E-state index contributed by atoms with van der Waals surface area (Å²) in [5.74, 6) is -1.57. The van der Waals surface area contributed by atoms with Crippen molar-refractivity contribution in [3.63, 3.8) is 0 Å². The van der Waals surface area contributed by atoms with Crippen LogP contribution >= 0.6 is 0 Å². The lowest BCUT2D eigenvalue weighted by Crippen LogP contribution is -2.50. The summed E-state index contributed by atoms with van der Waals surface area (Å²) in [4.78, 5) is 26.9. The zero-order valence-corrected chi connectivity index (χ0v) is 23.6. The van der Waals surface area contributed by atoms with Crippen molar-refractivity contribution in [3.05, 3.63) is 35.2 Å². The molecular weight excluding hydrogens is 557 g/mol. The zero-order valence-electron chi connectivity index (χ0n) is 22.8. The minimum Gasteiger partial charge on any atom is -0.488 e. The lowest BCUT2D eigenvalue weighted by molar-refractivity contribution is -0.142. The number of carbonyl (C=O) groups excluding carboxylic acids is 2. The molecule has 0 spiro atoms. The van der Waals surface area contributed by atoms with E-state index in [9.17, 15) is 36.3 Å². The van der Waals surface area contributed by atoms with Crippen LogP contribution in [0.5, 0.6) is 5.75 Å². The van der Waals surface area contributed by atoms with E-state index in [-0.39, 0.29) is 53.0 Å². The van der Waals surface area contributed by atoms with Gasteiger partial charge in [0.1, 0.15) is 22.4 Å². The molecule has 3 atom stereocenters. The van der Waals surface area contributed by atoms with Crippen LogP contribution in [0.2, 0.25) is 0 Å². The Morgan fingerprint density at radius 3 is 2.58 bits per heavy atom. The second-order valence-corrected chi connectivity index (χ2v) is 11.9. The lowest BCUT2D eigenvalue weighted by atomic mass is 9.99. The molecule has 11 nitrogen and oxygen atoms in total. The number of nitrogens with zero attached hydrogens (tertiary/aromatic N) is 3. The Balaban J connectivity index is 1.93. The van der Waals surface area contributed by atoms with Gasteiger partial charge in [0.2, 0.25) is 15.9 Å². The number of fused-ring (bicyclic) bond motifs is 1. The number of hydrogen-bond donors (Lipinski definition) is 2. The standard InChI is InChI=1S/C25H33F3N4O7S/c1-14-11-32(15(2)13-33)24(35)19-10-18(29-22(34)8-9-25(26,27)28)6-7-20(19)38-21(14)12-31(5)40(36,37)23-16(3)30-39-17(23)4/h6-7,10,14-15,21,33H,8-9,11-13H2,1-5H3,(H,29,34)/t14-,15+,21+/m0/s1. The fraction of sp³-hybridized carbons (Fsp3) is 0.560. The Hall–Kier alpha value is -3.17. The molecule has 222 valence electrons. The van der Waals surface area contributed by atoms with Gasteiger partial charge in [-0.1, -0.05) is 12.1 Å². The summed E-state index contributed by atoms with van der Waals surface area (Å²) in [6, 6.07) is 3.45. The van der Waals surface area contributed by atoms with Crippen molar-refractivity contribution in [3.8, 4) is 5.75 Å². The first-order valence-corrected chi connectivity index (χ1v) is 14.0. The van der Waals surface area contributed by atoms with Gasteiger partial charge in [-0.05, 0) is 39.0 Å². The number of aromatic nitrogens is 1. The molecular formula is C25H33F3N4O7S. The maximum Gasteiger partial charge on any atom is 0.389 e. The number of anilines is 1. The molecule has 2 aromatic rings. The number of halogens is 3. The predicted octanol–water partition coefficient (Wildman–Crippen LogP) is 3.11. The molecule has 2 N–H and O–H groups in total. The summed E-state index contributed by atoms with van der Waals surface area (Å²) in [5, 5.41) is 15.9. The van der Waals surface area contributed by atoms with E-state index in [4.69, 9.17) is 9.26 Å². The van der Waals surface area contributed by atoms with Gasteiger partial charge >= 0.3 is 6.18 Å². The number of rotatable bonds is 9. The molecule has 0 aliphatic carbocycles. The van der Waals surface area contributed by atoms with Gasteiger partial charge in [-0.15, -0.1) is 0 Å². The number of aliphatic hydroxyl groups excluding tert-OH is 1. The highest BCUT2D eigenvalue weighted by Gasteiger charge is 2.37. The van der Waals surface area contributed by atoms with Gasteiger partial charge in [-0.2, -0.15) is 17.5 Å². The summed E-state index contributed by atoms with van der Waals surface area (Å²) in [7, 11) is -2.63. The van der Waals surface area contributed by atoms with Crippen LogP contribution in [0.15, 0.2) is 27.6 Å². The van der Waals surface area contributed by atoms with Crippen molar-refractivity contribution < 1.29 is 45.5 Å². The number of sulfonamides is 1. The molecule has 0 bridgehead atoms. The summed E-state index contributed by atoms with van der Waals surface area (Å²) in [5.41, 5.74) is 0.296. The number of hydrogen-bond acceptors (Lipinski definition) is 8. The second-order valence-electron chi connectivity index (χ2n) is 9.94. The number of nitrogens with one attached hydrogen (secondary N) is 1. The van der Waals surface area contributed by atoms with E-state index < -0.39 is 58.9 Å². The van der Waals surface area contributed by atoms with E-state index in [0.29, 0.717) is 0 Å². The third-order valence-electron chi connectivity index (χ3n) is 6.66. The Labute approximate surface area is 230 Å². The maximum absolute atomic E-state index is 13.5. The largest absolute Gasteiger partial charge is 0.488 e. The van der Waals surface area contributed by atoms with Crippen LogP contribution in [0.1, 0.15) is 48.5 Å². The number of amides is 2. The van der Waals surface area contributed by atoms with Gasteiger partial charge in [0.05, 0.1) is 31.2 Å². The minimum absolute atomic E-state index is 0.00190. The first-order chi connectivity index (χ1) is 18.5. The Kier molecular flexibility index (Phi) is 9.52. The van der Waals surface area contributed by atoms with E-state index in [1.165, 1.54) is 44.0 Å². The molecule has 2 amide bonds. The van der Waals surface area contributed by atoms with Gasteiger partial charge in [-0.25, -0.2) is 8.42 Å². The van der Waals surface area contributed by atoms with E-state index >= 15 is 0 Å². The van der Waals surface area contributed by atoms with Gasteiger partial charge < -0.3 is 24.6 Å². The normalized spacial score (nSPS) is 19.1. The Morgan fingerprint density at radius 1 is 1.32 bits per heavy atom. The molecule has 0 saturated heterocycles. The van der Waals surface area contributed by atoms with Crippen LogP contribution in [0.3, 0.4) is 0 Å². The van der Waals surface area contributed by atoms with Crippen LogP contribution in [0.4, 0.5) is 18.9 Å². The number of ether oxygens (including phenoxy) is 1. The van der Waals surface area contributed by atoms with Gasteiger partial charge in [0.25, 0.3) is 5.91 Å². The SMILES string of the molecule is Cc1noc(C)c1S(=O)(=O)N(C)C[C@H]1Oc2ccc(NC(=O)CCC(F)(F)F)cc2C(=O)N([C@H](C)CO)C[C@@H]1C. The van der Waals surface area contributed by atoms with Crippen LogP contribution in [-0.2, 0) is 14.8 Å². The number of aryl methyl sites for hydroxylation is 2. The van der Waals surface area contributed by atoms with Crippen LogP contribution in [0, 0.1) is 19.8 Å². The minimum atomic E-state index is -4.49. The molecule has 3 rings (SSSR count). The molecule has 0 saturated carbocycles. The van der Waals surface area contributed by atoms with E-state index in [1.807, 2.05) is 0 Å². The lowest BCUT2D eigenvalue weighted by Gasteiger charge is -2.38. The zero-order chi connectivity index (χ0) is 30.0. The van der Waals surface area contributed by atoms with Crippen molar-refractivity contribution in [2.24, 2.45) is 5.92 Å². The van der Waals surface area contributed by atoms with Crippen molar-refractivity contribution in [2.75, 3.05) is 32.1 Å². The molecule has 1 aliphatic rings. The van der Waals surface area contributed by atoms with Gasteiger partial charge in [0.15, 0.2) is 5.76 Å². The predicted molar refractivity (Wildman–Crippen MR) is 137 cm³/mol. The summed E-state index contributed by atoms with van der Waals surface area (Å²) in [6.07, 6.45) is -7.33. The topological polar surface area (TPSA) is 142 Å². The Morgan fingerprint density at radius 2 is 2.00 bits per heavy atom. The van der Waals surface area contributed by atoms with Crippen LogP contribution in [-0.4, -0.2) is 84.8 Å². The fourth-order valence-electron chi connectivity index (χ4n) is 4.35. The van der Waals surface area contributed by atoms with Crippen molar-refractivity contribution in [2.45, 2.75) is 63.8 Å². The van der Waals surface area contributed by atoms with Crippen LogP contribution < -0.4 is 10.1 Å². The monoisotopic (exact) mass is 590 g/mol. The molecule has 0 radical (unpaired) electrons. The molecule has 0 fully saturated rings. The van der Waals surface area contributed by atoms with E-state index in [2.05, 4.69) is 10.5 Å². The number of aliphatic hydroxyl groups is 1. The van der Waals surface area contributed by atoms with Gasteiger partial charge in [0, 0.05) is 31.6 Å². The van der Waals surface area contributed by atoms with Crippen molar-refractivity contribution in [1.82, 2.24) is 14.4 Å². The number of likely N-dealkylation sites (N-methyl/N-ethyl adjacent to an activating group) is 1. The molecule has 1 aromatic heterocycles. The molecule has 0 unspecified atom stereocenters. The number of benzene rings is 1. The summed E-state index contributed by atoms with van der Waals surface area (Å²) < 4.78 is 76.4. The highest BCUT2D eigenvalue weighted by atomic mass is 32.2. The quantitative estimate of drug-likeness (QED) is 0.454. The second kappa shape index (κ2) is 12.1. The average molecular weight is 591 g/mol. The van der Waals surface area contributed by atoms with Crippen molar-refractivity contribution >= 4 is 27.5 Å². The highest BCUT2D eigenvalue weighted by molar-refractivity contribution is 7.89. The smallest absolute Gasteiger partial charge is 0.389 e. The van der Waals surface area contributed by atoms with Crippen LogP contribution in [0.25, 0.3) is 0 Å². The first kappa shape index (κ1) is 31.4. The van der Waals surface area contributed by atoms with Crippen molar-refractivity contribution in [1.29, 1.82) is 0 Å². The first-order valence-electron chi connectivity index (χ1n) is 12.5. The average Bonchev–Trinajstić information content (AvgIpc) is 3.22. The number of carbonyl (C=O) groups is 2.